The van der Waals surface area contributed by atoms with E-state index in [1.807, 2.05) is 0 Å². The van der Waals surface area contributed by atoms with Crippen molar-refractivity contribution in [2.24, 2.45) is 5.73 Å². The summed E-state index contributed by atoms with van der Waals surface area (Å²) < 4.78 is 37.2. The van der Waals surface area contributed by atoms with Gasteiger partial charge in [-0.25, -0.2) is 0 Å². The van der Waals surface area contributed by atoms with Crippen LogP contribution in [0.4, 0.5) is 13.2 Å². The Bertz CT molecular complexity index is 453. The van der Waals surface area contributed by atoms with Crippen molar-refractivity contribution in [3.63, 3.8) is 0 Å². The van der Waals surface area contributed by atoms with Crippen LogP contribution in [0.1, 0.15) is 17.5 Å². The molecule has 0 saturated heterocycles. The molecule has 0 radical (unpaired) electrons. The molecule has 0 unspecified atom stereocenters. The number of rotatable bonds is 3. The number of halogens is 3. The molecule has 3 nitrogen and oxygen atoms in total. The van der Waals surface area contributed by atoms with E-state index in [0.29, 0.717) is 6.07 Å². The molecule has 1 aromatic carbocycles. The van der Waals surface area contributed by atoms with E-state index in [9.17, 15) is 18.0 Å². The van der Waals surface area contributed by atoms with Crippen LogP contribution >= 0.6 is 0 Å². The first kappa shape index (κ1) is 13.1. The van der Waals surface area contributed by atoms with Crippen molar-refractivity contribution < 1.29 is 23.1 Å². The Kier molecular flexibility index (Phi) is 3.77. The Morgan fingerprint density at radius 2 is 2.00 bits per heavy atom. The molecule has 1 rings (SSSR count). The van der Waals surface area contributed by atoms with Crippen LogP contribution in [0.5, 0.6) is 5.75 Å². The monoisotopic (exact) mass is 245 g/mol. The lowest BCUT2D eigenvalue weighted by atomic mass is 10.1. The Morgan fingerprint density at radius 3 is 2.53 bits per heavy atom. The third-order valence-corrected chi connectivity index (χ3v) is 1.90. The highest BCUT2D eigenvalue weighted by Crippen LogP contribution is 2.32. The van der Waals surface area contributed by atoms with Crippen LogP contribution in [0.2, 0.25) is 0 Å². The third-order valence-electron chi connectivity index (χ3n) is 1.90. The van der Waals surface area contributed by atoms with Gasteiger partial charge in [0.05, 0.1) is 5.56 Å². The Labute approximate surface area is 95.4 Å². The van der Waals surface area contributed by atoms with Gasteiger partial charge >= 0.3 is 6.18 Å². The van der Waals surface area contributed by atoms with Gasteiger partial charge in [0.1, 0.15) is 5.75 Å². The van der Waals surface area contributed by atoms with E-state index in [0.717, 1.165) is 12.1 Å². The average molecular weight is 245 g/mol. The highest BCUT2D eigenvalue weighted by atomic mass is 19.4. The number of phenolic OH excluding ortho intramolecular Hbond substituents is 1. The first-order valence-corrected chi connectivity index (χ1v) is 4.65. The summed E-state index contributed by atoms with van der Waals surface area (Å²) in [7, 11) is 0. The summed E-state index contributed by atoms with van der Waals surface area (Å²) in [4.78, 5) is 10.4. The van der Waals surface area contributed by atoms with Gasteiger partial charge in [-0.3, -0.25) is 4.79 Å². The van der Waals surface area contributed by atoms with Crippen LogP contribution in [0, 0.1) is 0 Å². The lowest BCUT2D eigenvalue weighted by Gasteiger charge is -2.08. The Balaban J connectivity index is 2.98. The molecule has 0 aliphatic heterocycles. The number of phenols is 1. The maximum atomic E-state index is 12.4. The third kappa shape index (κ3) is 4.18. The van der Waals surface area contributed by atoms with Gasteiger partial charge < -0.3 is 10.8 Å². The molecular formula is C11H10F3NO2. The molecule has 0 aliphatic carbocycles. The number of primary amides is 1. The smallest absolute Gasteiger partial charge is 0.416 e. The summed E-state index contributed by atoms with van der Waals surface area (Å²) in [5, 5.41) is 9.14. The number of nitrogens with two attached hydrogens (primary N) is 1. The van der Waals surface area contributed by atoms with Crippen molar-refractivity contribution in [2.45, 2.75) is 12.6 Å². The maximum Gasteiger partial charge on any atom is 0.416 e. The number of amides is 1. The predicted molar refractivity (Wildman–Crippen MR) is 56.0 cm³/mol. The standard InChI is InChI=1S/C11H10F3NO2/c12-11(13,14)8-4-7(5-9(16)6-8)2-1-3-10(15)17/h1-2,4-6,16H,3H2,(H2,15,17). The zero-order chi connectivity index (χ0) is 13.1. The molecule has 0 heterocycles. The van der Waals surface area contributed by atoms with E-state index in [1.165, 1.54) is 12.2 Å². The lowest BCUT2D eigenvalue weighted by Crippen LogP contribution is -2.08. The molecule has 1 aromatic rings. The summed E-state index contributed by atoms with van der Waals surface area (Å²) in [6, 6.07) is 2.66. The van der Waals surface area contributed by atoms with Gasteiger partial charge in [0.2, 0.25) is 5.91 Å². The highest BCUT2D eigenvalue weighted by molar-refractivity contribution is 5.76. The fourth-order valence-corrected chi connectivity index (χ4v) is 1.21. The van der Waals surface area contributed by atoms with Crippen molar-refractivity contribution in [1.82, 2.24) is 0 Å². The number of alkyl halides is 3. The highest BCUT2D eigenvalue weighted by Gasteiger charge is 2.31. The zero-order valence-electron chi connectivity index (χ0n) is 8.66. The Morgan fingerprint density at radius 1 is 1.35 bits per heavy atom. The van der Waals surface area contributed by atoms with E-state index in [2.05, 4.69) is 0 Å². The zero-order valence-corrected chi connectivity index (χ0v) is 8.66. The van der Waals surface area contributed by atoms with E-state index < -0.39 is 23.4 Å². The maximum absolute atomic E-state index is 12.4. The van der Waals surface area contributed by atoms with Crippen LogP contribution in [0.3, 0.4) is 0 Å². The second-order valence-corrected chi connectivity index (χ2v) is 3.38. The quantitative estimate of drug-likeness (QED) is 0.858. The van der Waals surface area contributed by atoms with Gasteiger partial charge in [0, 0.05) is 6.42 Å². The number of aromatic hydroxyl groups is 1. The predicted octanol–water partition coefficient (Wildman–Crippen LogP) is 2.30. The van der Waals surface area contributed by atoms with Gasteiger partial charge in [-0.05, 0) is 23.8 Å². The fourth-order valence-electron chi connectivity index (χ4n) is 1.21. The van der Waals surface area contributed by atoms with Crippen LogP contribution < -0.4 is 5.73 Å². The van der Waals surface area contributed by atoms with E-state index in [1.54, 1.807) is 0 Å². The molecule has 0 saturated carbocycles. The summed E-state index contributed by atoms with van der Waals surface area (Å²) >= 11 is 0. The SMILES string of the molecule is NC(=O)CC=Cc1cc(O)cc(C(F)(F)F)c1. The van der Waals surface area contributed by atoms with Crippen molar-refractivity contribution in [1.29, 1.82) is 0 Å². The molecule has 92 valence electrons. The average Bonchev–Trinajstić information content (AvgIpc) is 2.14. The number of hydrogen-bond donors (Lipinski definition) is 2. The fraction of sp³-hybridized carbons (Fsp3) is 0.182. The number of carbonyl (C=O) groups is 1. The van der Waals surface area contributed by atoms with Gasteiger partial charge in [-0.15, -0.1) is 0 Å². The van der Waals surface area contributed by atoms with E-state index >= 15 is 0 Å². The topological polar surface area (TPSA) is 63.3 Å². The molecule has 0 spiro atoms. The van der Waals surface area contributed by atoms with Crippen LogP contribution in [-0.4, -0.2) is 11.0 Å². The minimum Gasteiger partial charge on any atom is -0.508 e. The molecule has 0 aromatic heterocycles. The van der Waals surface area contributed by atoms with Crippen LogP contribution in [0.25, 0.3) is 6.08 Å². The molecule has 0 bridgehead atoms. The van der Waals surface area contributed by atoms with Crippen molar-refractivity contribution in [3.05, 3.63) is 35.4 Å². The molecule has 17 heavy (non-hydrogen) atoms. The van der Waals surface area contributed by atoms with Gasteiger partial charge in [0.25, 0.3) is 0 Å². The molecule has 0 atom stereocenters. The Hall–Kier alpha value is -1.98. The summed E-state index contributed by atoms with van der Waals surface area (Å²) in [5.41, 5.74) is 4.07. The number of benzene rings is 1. The molecule has 3 N–H and O–H groups in total. The van der Waals surface area contributed by atoms with Crippen molar-refractivity contribution >= 4 is 12.0 Å². The lowest BCUT2D eigenvalue weighted by molar-refractivity contribution is -0.137. The number of hydrogen-bond acceptors (Lipinski definition) is 2. The van der Waals surface area contributed by atoms with Gasteiger partial charge in [0.15, 0.2) is 0 Å². The summed E-state index contributed by atoms with van der Waals surface area (Å²) in [6.45, 7) is 0. The van der Waals surface area contributed by atoms with Crippen molar-refractivity contribution in [3.8, 4) is 5.75 Å². The largest absolute Gasteiger partial charge is 0.508 e. The summed E-state index contributed by atoms with van der Waals surface area (Å²) in [5.74, 6) is -1.07. The van der Waals surface area contributed by atoms with Gasteiger partial charge in [-0.2, -0.15) is 13.2 Å². The first-order chi connectivity index (χ1) is 7.79. The van der Waals surface area contributed by atoms with Crippen molar-refractivity contribution in [2.75, 3.05) is 0 Å². The second-order valence-electron chi connectivity index (χ2n) is 3.38. The first-order valence-electron chi connectivity index (χ1n) is 4.65. The molecule has 0 fully saturated rings. The van der Waals surface area contributed by atoms with Gasteiger partial charge in [-0.1, -0.05) is 12.2 Å². The minimum absolute atomic E-state index is 0.0724. The molecule has 1 amide bonds. The molecule has 6 heteroatoms. The normalized spacial score (nSPS) is 11.9. The summed E-state index contributed by atoms with van der Waals surface area (Å²) in [6.07, 6.45) is -1.97. The van der Waals surface area contributed by atoms with E-state index in [4.69, 9.17) is 10.8 Å². The van der Waals surface area contributed by atoms with Crippen LogP contribution in [0.15, 0.2) is 24.3 Å². The minimum atomic E-state index is -4.52. The second kappa shape index (κ2) is 4.90. The van der Waals surface area contributed by atoms with E-state index in [-0.39, 0.29) is 12.0 Å². The number of carbonyl (C=O) groups excluding carboxylic acids is 1. The molecule has 0 aliphatic rings. The van der Waals surface area contributed by atoms with Crippen LogP contribution in [-0.2, 0) is 11.0 Å². The molecular weight excluding hydrogens is 235 g/mol.